The Kier molecular flexibility index (Phi) is 54.8. The smallest absolute Gasteiger partial charge is 0.306 e. The zero-order valence-corrected chi connectivity index (χ0v) is 43.6. The van der Waals surface area contributed by atoms with Gasteiger partial charge in [-0.2, -0.15) is 0 Å². The molecule has 0 rings (SSSR count). The summed E-state index contributed by atoms with van der Waals surface area (Å²) in [5, 5.41) is 9.60. The molecular weight excluding hydrogens is 789 g/mol. The minimum atomic E-state index is -0.763. The summed E-state index contributed by atoms with van der Waals surface area (Å²) in [6, 6.07) is 0. The third kappa shape index (κ3) is 53.3. The second kappa shape index (κ2) is 56.0. The van der Waals surface area contributed by atoms with Crippen LogP contribution < -0.4 is 0 Å². The van der Waals surface area contributed by atoms with Crippen LogP contribution in [0.5, 0.6) is 0 Å². The molecule has 0 radical (unpaired) electrons. The van der Waals surface area contributed by atoms with Gasteiger partial charge in [0.05, 0.1) is 6.61 Å². The maximum atomic E-state index is 12.3. The van der Waals surface area contributed by atoms with Gasteiger partial charge in [-0.15, -0.1) is 0 Å². The monoisotopic (exact) mass is 903 g/mol. The number of esters is 2. The van der Waals surface area contributed by atoms with E-state index in [9.17, 15) is 14.7 Å². The summed E-state index contributed by atoms with van der Waals surface area (Å²) < 4.78 is 10.7. The highest BCUT2D eigenvalue weighted by atomic mass is 16.6. The van der Waals surface area contributed by atoms with Gasteiger partial charge in [0.25, 0.3) is 0 Å². The van der Waals surface area contributed by atoms with Crippen molar-refractivity contribution in [1.82, 2.24) is 0 Å². The molecule has 0 aromatic carbocycles. The largest absolute Gasteiger partial charge is 0.462 e. The van der Waals surface area contributed by atoms with Crippen molar-refractivity contribution in [3.8, 4) is 0 Å². The fourth-order valence-corrected chi connectivity index (χ4v) is 9.14. The molecule has 0 aromatic heterocycles. The Balaban J connectivity index is 3.32. The fraction of sp³-hybridized carbons (Fsp3) is 0.932. The summed E-state index contributed by atoms with van der Waals surface area (Å²) in [6.45, 7) is 4.17. The van der Waals surface area contributed by atoms with Gasteiger partial charge in [-0.1, -0.05) is 296 Å². The summed E-state index contributed by atoms with van der Waals surface area (Å²) in [7, 11) is 0. The van der Waals surface area contributed by atoms with E-state index in [2.05, 4.69) is 26.0 Å². The van der Waals surface area contributed by atoms with Crippen LogP contribution in [0, 0.1) is 0 Å². The molecule has 1 atom stereocenters. The lowest BCUT2D eigenvalue weighted by Crippen LogP contribution is -2.28. The molecule has 0 aliphatic carbocycles. The molecule has 64 heavy (non-hydrogen) atoms. The first-order chi connectivity index (χ1) is 31.6. The van der Waals surface area contributed by atoms with E-state index in [1.165, 1.54) is 270 Å². The van der Waals surface area contributed by atoms with Crippen LogP contribution in [0.2, 0.25) is 0 Å². The average molecular weight is 904 g/mol. The summed E-state index contributed by atoms with van der Waals surface area (Å²) in [5.74, 6) is -0.572. The lowest BCUT2D eigenvalue weighted by molar-refractivity contribution is -0.161. The maximum Gasteiger partial charge on any atom is 0.306 e. The molecule has 380 valence electrons. The van der Waals surface area contributed by atoms with Crippen molar-refractivity contribution in [2.75, 3.05) is 13.2 Å². The average Bonchev–Trinajstić information content (AvgIpc) is 3.30. The molecule has 0 spiro atoms. The van der Waals surface area contributed by atoms with Gasteiger partial charge in [0.1, 0.15) is 6.61 Å². The van der Waals surface area contributed by atoms with Crippen molar-refractivity contribution in [3.05, 3.63) is 12.2 Å². The Morgan fingerprint density at radius 2 is 0.578 bits per heavy atom. The summed E-state index contributed by atoms with van der Waals surface area (Å²) in [4.78, 5) is 24.4. The normalized spacial score (nSPS) is 12.1. The lowest BCUT2D eigenvalue weighted by atomic mass is 10.0. The highest BCUT2D eigenvalue weighted by Gasteiger charge is 2.16. The van der Waals surface area contributed by atoms with Crippen LogP contribution >= 0.6 is 0 Å². The van der Waals surface area contributed by atoms with Crippen LogP contribution in [-0.4, -0.2) is 36.4 Å². The molecule has 1 N–H and O–H groups in total. The minimum Gasteiger partial charge on any atom is -0.462 e. The number of carbonyl (C=O) groups is 2. The molecule has 0 heterocycles. The maximum absolute atomic E-state index is 12.3. The number of hydrogen-bond acceptors (Lipinski definition) is 5. The van der Waals surface area contributed by atoms with E-state index in [4.69, 9.17) is 9.47 Å². The number of ether oxygens (including phenoxy) is 2. The first-order valence-corrected chi connectivity index (χ1v) is 29.2. The predicted octanol–water partition coefficient (Wildman–Crippen LogP) is 19.5. The van der Waals surface area contributed by atoms with Gasteiger partial charge in [0, 0.05) is 12.8 Å². The molecule has 0 saturated carbocycles. The number of carbonyl (C=O) groups excluding carboxylic acids is 2. The van der Waals surface area contributed by atoms with Gasteiger partial charge in [0.2, 0.25) is 0 Å². The van der Waals surface area contributed by atoms with Gasteiger partial charge in [-0.05, 0) is 38.5 Å². The second-order valence-corrected chi connectivity index (χ2v) is 20.1. The Morgan fingerprint density at radius 1 is 0.344 bits per heavy atom. The Morgan fingerprint density at radius 3 is 0.844 bits per heavy atom. The minimum absolute atomic E-state index is 0.0575. The van der Waals surface area contributed by atoms with E-state index in [0.29, 0.717) is 12.8 Å². The molecule has 0 aliphatic rings. The SMILES string of the molecule is CCCCCCCCCC/C=C\CCCCCCCCCCCCCCCCCCCCCCCCCCCCCC(=O)OC(CO)COC(=O)CCCCCCCCCCCCC. The highest BCUT2D eigenvalue weighted by Crippen LogP contribution is 2.18. The Hall–Kier alpha value is -1.36. The van der Waals surface area contributed by atoms with E-state index in [-0.39, 0.29) is 25.2 Å². The summed E-state index contributed by atoms with van der Waals surface area (Å²) >= 11 is 0. The van der Waals surface area contributed by atoms with Gasteiger partial charge in [-0.3, -0.25) is 9.59 Å². The third-order valence-corrected chi connectivity index (χ3v) is 13.6. The fourth-order valence-electron chi connectivity index (χ4n) is 9.14. The van der Waals surface area contributed by atoms with Crippen molar-refractivity contribution in [2.45, 2.75) is 341 Å². The highest BCUT2D eigenvalue weighted by molar-refractivity contribution is 5.70. The molecule has 0 saturated heterocycles. The Bertz CT molecular complexity index is 932. The molecule has 0 amide bonds. The first kappa shape index (κ1) is 62.6. The molecule has 1 unspecified atom stereocenters. The molecular formula is C59H114O5. The van der Waals surface area contributed by atoms with Crippen molar-refractivity contribution in [3.63, 3.8) is 0 Å². The predicted molar refractivity (Wildman–Crippen MR) is 279 cm³/mol. The molecule has 5 heteroatoms. The first-order valence-electron chi connectivity index (χ1n) is 29.2. The zero-order valence-electron chi connectivity index (χ0n) is 43.6. The molecule has 5 nitrogen and oxygen atoms in total. The van der Waals surface area contributed by atoms with E-state index in [1.54, 1.807) is 0 Å². The van der Waals surface area contributed by atoms with Crippen LogP contribution in [0.25, 0.3) is 0 Å². The number of aliphatic hydroxyl groups excluding tert-OH is 1. The van der Waals surface area contributed by atoms with E-state index in [1.807, 2.05) is 0 Å². The van der Waals surface area contributed by atoms with Crippen molar-refractivity contribution in [2.24, 2.45) is 0 Å². The number of hydrogen-bond donors (Lipinski definition) is 1. The zero-order chi connectivity index (χ0) is 46.3. The van der Waals surface area contributed by atoms with Gasteiger partial charge in [0.15, 0.2) is 6.10 Å². The third-order valence-electron chi connectivity index (χ3n) is 13.6. The number of unbranched alkanes of at least 4 members (excludes halogenated alkanes) is 45. The van der Waals surface area contributed by atoms with Crippen LogP contribution in [0.15, 0.2) is 12.2 Å². The lowest BCUT2D eigenvalue weighted by Gasteiger charge is -2.15. The van der Waals surface area contributed by atoms with Gasteiger partial charge >= 0.3 is 11.9 Å². The van der Waals surface area contributed by atoms with E-state index >= 15 is 0 Å². The topological polar surface area (TPSA) is 72.8 Å². The molecule has 0 fully saturated rings. The van der Waals surface area contributed by atoms with Crippen LogP contribution in [0.1, 0.15) is 335 Å². The quantitative estimate of drug-likeness (QED) is 0.0374. The van der Waals surface area contributed by atoms with E-state index < -0.39 is 6.10 Å². The number of allylic oxidation sites excluding steroid dienone is 2. The standard InChI is InChI=1S/C59H114O5/c1-3-5-7-9-11-13-15-16-17-18-19-20-21-22-23-24-25-26-27-28-29-30-31-32-33-34-35-36-37-38-39-40-41-42-44-46-48-50-52-54-59(62)64-57(55-60)56-63-58(61)53-51-49-47-45-43-14-12-10-8-6-4-2/h18-19,57,60H,3-17,20-56H2,1-2H3/b19-18-. The van der Waals surface area contributed by atoms with Crippen molar-refractivity contribution < 1.29 is 24.2 Å². The molecule has 0 aliphatic heterocycles. The van der Waals surface area contributed by atoms with Gasteiger partial charge < -0.3 is 14.6 Å². The number of rotatable bonds is 55. The van der Waals surface area contributed by atoms with Crippen LogP contribution in [-0.2, 0) is 19.1 Å². The van der Waals surface area contributed by atoms with Gasteiger partial charge in [-0.25, -0.2) is 0 Å². The summed E-state index contributed by atoms with van der Waals surface area (Å²) in [5.41, 5.74) is 0. The number of aliphatic hydroxyl groups is 1. The second-order valence-electron chi connectivity index (χ2n) is 20.1. The van der Waals surface area contributed by atoms with Crippen LogP contribution in [0.4, 0.5) is 0 Å². The van der Waals surface area contributed by atoms with Crippen LogP contribution in [0.3, 0.4) is 0 Å². The molecule has 0 bridgehead atoms. The molecule has 0 aromatic rings. The Labute approximate surface area is 401 Å². The summed E-state index contributed by atoms with van der Waals surface area (Å²) in [6.07, 6.45) is 69.4. The van der Waals surface area contributed by atoms with Crippen molar-refractivity contribution >= 4 is 11.9 Å². The van der Waals surface area contributed by atoms with E-state index in [0.717, 1.165) is 38.5 Å². The van der Waals surface area contributed by atoms with Crippen molar-refractivity contribution in [1.29, 1.82) is 0 Å².